The normalized spacial score (nSPS) is 13.6. The lowest BCUT2D eigenvalue weighted by Gasteiger charge is -2.19. The second-order valence-electron chi connectivity index (χ2n) is 9.21. The first kappa shape index (κ1) is 24.6. The third-order valence-electron chi connectivity index (χ3n) is 6.16. The van der Waals surface area contributed by atoms with E-state index in [1.165, 1.54) is 46.5 Å². The highest BCUT2D eigenvalue weighted by Gasteiger charge is 2.31. The number of nitrogens with one attached hydrogen (secondary N) is 2. The molecule has 2 heterocycles. The van der Waals surface area contributed by atoms with Crippen molar-refractivity contribution >= 4 is 51.4 Å². The number of rotatable bonds is 6. The van der Waals surface area contributed by atoms with Crippen LogP contribution in [0.3, 0.4) is 0 Å². The van der Waals surface area contributed by atoms with Gasteiger partial charge in [-0.05, 0) is 43.2 Å². The number of aromatic nitrogens is 3. The van der Waals surface area contributed by atoms with E-state index in [-0.39, 0.29) is 39.8 Å². The minimum atomic E-state index is -3.60. The molecule has 0 amide bonds. The van der Waals surface area contributed by atoms with Crippen LogP contribution in [0.4, 0.5) is 21.5 Å². The average molecular weight is 523 g/mol. The maximum Gasteiger partial charge on any atom is 0.337 e. The summed E-state index contributed by atoms with van der Waals surface area (Å²) in [6.07, 6.45) is 2.27. The molecular formula is C24H23BFN5O5S. The molecule has 0 unspecified atom stereocenters. The fourth-order valence-corrected chi connectivity index (χ4v) is 4.89. The first-order valence-electron chi connectivity index (χ1n) is 11.5. The standard InChI is InChI=1S/C24H23BFN5O5S/c1-29-20(32)12-19(27-18-9-6-13(25)10-17(18)26)21-22(29)30(24(34)31(23(21)33)15-7-8-15)16-5-3-4-14(11-16)28-37(2,35)36/h3-6,9-12,15,27-28H,7-8,25H2,1-2H3. The molecule has 0 saturated heterocycles. The zero-order chi connectivity index (χ0) is 26.6. The number of anilines is 3. The molecular weight excluding hydrogens is 500 g/mol. The van der Waals surface area contributed by atoms with Crippen LogP contribution in [0.15, 0.2) is 62.9 Å². The van der Waals surface area contributed by atoms with Crippen LogP contribution in [0.1, 0.15) is 18.9 Å². The molecule has 2 aromatic carbocycles. The average Bonchev–Trinajstić information content (AvgIpc) is 3.63. The highest BCUT2D eigenvalue weighted by atomic mass is 32.2. The van der Waals surface area contributed by atoms with Gasteiger partial charge in [-0.2, -0.15) is 0 Å². The Bertz CT molecular complexity index is 1880. The van der Waals surface area contributed by atoms with Crippen LogP contribution in [0, 0.1) is 5.82 Å². The van der Waals surface area contributed by atoms with Crippen LogP contribution in [0.25, 0.3) is 16.7 Å². The number of aryl methyl sites for hydroxylation is 1. The minimum absolute atomic E-state index is 0.00840. The van der Waals surface area contributed by atoms with Gasteiger partial charge in [0.05, 0.1) is 29.0 Å². The summed E-state index contributed by atoms with van der Waals surface area (Å²) in [7, 11) is -0.440. The summed E-state index contributed by atoms with van der Waals surface area (Å²) in [5, 5.41) is 2.89. The van der Waals surface area contributed by atoms with Crippen LogP contribution in [0.5, 0.6) is 0 Å². The molecule has 0 spiro atoms. The summed E-state index contributed by atoms with van der Waals surface area (Å²) in [6.45, 7) is 0. The second-order valence-corrected chi connectivity index (χ2v) is 11.0. The van der Waals surface area contributed by atoms with Gasteiger partial charge in [-0.25, -0.2) is 22.2 Å². The molecule has 1 fully saturated rings. The lowest BCUT2D eigenvalue weighted by molar-refractivity contribution is 0.607. The Balaban J connectivity index is 1.86. The van der Waals surface area contributed by atoms with Crippen molar-refractivity contribution in [3.8, 4) is 5.69 Å². The Kier molecular flexibility index (Phi) is 5.82. The van der Waals surface area contributed by atoms with Gasteiger partial charge >= 0.3 is 5.69 Å². The van der Waals surface area contributed by atoms with Gasteiger partial charge in [-0.1, -0.05) is 17.6 Å². The molecule has 13 heteroatoms. The van der Waals surface area contributed by atoms with Gasteiger partial charge in [0.25, 0.3) is 11.1 Å². The van der Waals surface area contributed by atoms with Crippen LogP contribution >= 0.6 is 0 Å². The molecule has 37 heavy (non-hydrogen) atoms. The molecule has 0 atom stereocenters. The number of nitrogens with zero attached hydrogens (tertiary/aromatic N) is 3. The van der Waals surface area contributed by atoms with Crippen molar-refractivity contribution in [1.82, 2.24) is 13.7 Å². The van der Waals surface area contributed by atoms with Gasteiger partial charge in [0.15, 0.2) is 0 Å². The Morgan fingerprint density at radius 1 is 1.03 bits per heavy atom. The van der Waals surface area contributed by atoms with Gasteiger partial charge in [0.2, 0.25) is 10.0 Å². The number of hydrogen-bond donors (Lipinski definition) is 2. The molecule has 2 aromatic heterocycles. The van der Waals surface area contributed by atoms with Crippen LogP contribution in [-0.2, 0) is 17.1 Å². The van der Waals surface area contributed by atoms with Gasteiger partial charge in [-0.3, -0.25) is 23.4 Å². The van der Waals surface area contributed by atoms with Crippen LogP contribution in [0.2, 0.25) is 0 Å². The summed E-state index contributed by atoms with van der Waals surface area (Å²) >= 11 is 0. The van der Waals surface area contributed by atoms with Crippen molar-refractivity contribution in [3.63, 3.8) is 0 Å². The SMILES string of the molecule is Bc1ccc(Nc2cc(=O)n(C)c3c2c(=O)n(C2CC2)c(=O)n3-c2cccc(NS(C)(=O)=O)c2)c(F)c1. The van der Waals surface area contributed by atoms with E-state index in [0.29, 0.717) is 18.3 Å². The number of hydrogen-bond acceptors (Lipinski definition) is 6. The molecule has 190 valence electrons. The van der Waals surface area contributed by atoms with E-state index in [9.17, 15) is 27.2 Å². The number of halogens is 1. The lowest BCUT2D eigenvalue weighted by atomic mass is 9.96. The smallest absolute Gasteiger partial charge is 0.337 e. The molecule has 10 nitrogen and oxygen atoms in total. The first-order chi connectivity index (χ1) is 17.4. The van der Waals surface area contributed by atoms with Crippen molar-refractivity contribution in [2.24, 2.45) is 7.05 Å². The van der Waals surface area contributed by atoms with E-state index in [1.54, 1.807) is 26.0 Å². The van der Waals surface area contributed by atoms with Gasteiger partial charge in [-0.15, -0.1) is 0 Å². The minimum Gasteiger partial charge on any atom is -0.352 e. The fourth-order valence-electron chi connectivity index (χ4n) is 4.34. The third-order valence-corrected chi connectivity index (χ3v) is 6.77. The molecule has 0 radical (unpaired) electrons. The number of benzene rings is 2. The van der Waals surface area contributed by atoms with Crippen LogP contribution < -0.4 is 32.3 Å². The van der Waals surface area contributed by atoms with Crippen molar-refractivity contribution in [2.45, 2.75) is 18.9 Å². The zero-order valence-electron chi connectivity index (χ0n) is 20.3. The summed E-state index contributed by atoms with van der Waals surface area (Å²) in [4.78, 5) is 40.4. The Hall–Kier alpha value is -4.13. The van der Waals surface area contributed by atoms with Crippen LogP contribution in [-0.4, -0.2) is 36.2 Å². The molecule has 0 aliphatic heterocycles. The summed E-state index contributed by atoms with van der Waals surface area (Å²) in [5.41, 5.74) is -0.550. The van der Waals surface area contributed by atoms with Crippen molar-refractivity contribution < 1.29 is 12.8 Å². The molecule has 1 saturated carbocycles. The quantitative estimate of drug-likeness (QED) is 0.359. The van der Waals surface area contributed by atoms with E-state index < -0.39 is 32.6 Å². The summed E-state index contributed by atoms with van der Waals surface area (Å²) in [6, 6.07) is 11.5. The fraction of sp³-hybridized carbons (Fsp3) is 0.208. The molecule has 1 aliphatic rings. The largest absolute Gasteiger partial charge is 0.352 e. The summed E-state index contributed by atoms with van der Waals surface area (Å²) < 4.78 is 44.1. The zero-order valence-corrected chi connectivity index (χ0v) is 21.1. The number of fused-ring (bicyclic) bond motifs is 1. The highest BCUT2D eigenvalue weighted by Crippen LogP contribution is 2.33. The Morgan fingerprint density at radius 3 is 2.41 bits per heavy atom. The van der Waals surface area contributed by atoms with E-state index in [4.69, 9.17) is 0 Å². The molecule has 0 bridgehead atoms. The first-order valence-corrected chi connectivity index (χ1v) is 13.4. The molecule has 2 N–H and O–H groups in total. The predicted molar refractivity (Wildman–Crippen MR) is 144 cm³/mol. The van der Waals surface area contributed by atoms with E-state index >= 15 is 0 Å². The van der Waals surface area contributed by atoms with Gasteiger partial charge < -0.3 is 5.32 Å². The van der Waals surface area contributed by atoms with Gasteiger partial charge in [0.1, 0.15) is 24.7 Å². The number of sulfonamides is 1. The highest BCUT2D eigenvalue weighted by molar-refractivity contribution is 7.92. The maximum absolute atomic E-state index is 14.7. The lowest BCUT2D eigenvalue weighted by Crippen LogP contribution is -2.41. The van der Waals surface area contributed by atoms with E-state index in [1.807, 2.05) is 0 Å². The maximum atomic E-state index is 14.7. The van der Waals surface area contributed by atoms with Crippen molar-refractivity contribution in [2.75, 3.05) is 16.3 Å². The molecule has 1 aliphatic carbocycles. The molecule has 4 aromatic rings. The van der Waals surface area contributed by atoms with E-state index in [0.717, 1.165) is 10.8 Å². The monoisotopic (exact) mass is 523 g/mol. The second kappa shape index (κ2) is 8.77. The van der Waals surface area contributed by atoms with Crippen molar-refractivity contribution in [1.29, 1.82) is 0 Å². The topological polar surface area (TPSA) is 124 Å². The summed E-state index contributed by atoms with van der Waals surface area (Å²) in [5.74, 6) is -0.566. The Labute approximate surface area is 211 Å². The third kappa shape index (κ3) is 4.57. The van der Waals surface area contributed by atoms with E-state index in [2.05, 4.69) is 10.0 Å². The van der Waals surface area contributed by atoms with Crippen molar-refractivity contribution in [3.05, 3.63) is 85.5 Å². The number of pyridine rings is 1. The Morgan fingerprint density at radius 2 is 1.76 bits per heavy atom. The predicted octanol–water partition coefficient (Wildman–Crippen LogP) is 0.699. The molecule has 5 rings (SSSR count). The van der Waals surface area contributed by atoms with Gasteiger partial charge in [0, 0.05) is 19.2 Å².